The average molecular weight is 234 g/mol. The van der Waals surface area contributed by atoms with Gasteiger partial charge in [0, 0.05) is 18.3 Å². The number of nitrogens with one attached hydrogen (secondary N) is 1. The number of anilines is 1. The molecule has 0 radical (unpaired) electrons. The van der Waals surface area contributed by atoms with Gasteiger partial charge >= 0.3 is 0 Å². The van der Waals surface area contributed by atoms with E-state index in [0.717, 1.165) is 19.4 Å². The summed E-state index contributed by atoms with van der Waals surface area (Å²) in [7, 11) is 0. The molecule has 1 heterocycles. The van der Waals surface area contributed by atoms with Crippen molar-refractivity contribution in [3.05, 3.63) is 29.6 Å². The van der Waals surface area contributed by atoms with Crippen molar-refractivity contribution in [2.24, 2.45) is 0 Å². The van der Waals surface area contributed by atoms with Crippen LogP contribution in [0.2, 0.25) is 0 Å². The van der Waals surface area contributed by atoms with Crippen LogP contribution in [0, 0.1) is 17.1 Å². The maximum absolute atomic E-state index is 13.2. The fourth-order valence-corrected chi connectivity index (χ4v) is 2.09. The van der Waals surface area contributed by atoms with E-state index < -0.39 is 5.82 Å². The normalized spacial score (nSPS) is 20.9. The van der Waals surface area contributed by atoms with E-state index in [4.69, 9.17) is 10.00 Å². The summed E-state index contributed by atoms with van der Waals surface area (Å²) in [4.78, 5) is 0. The molecule has 1 saturated heterocycles. The molecule has 0 bridgehead atoms. The van der Waals surface area contributed by atoms with Gasteiger partial charge in [-0.2, -0.15) is 5.26 Å². The molecule has 0 amide bonds. The molecule has 0 spiro atoms. The molecule has 1 N–H and O–H groups in total. The van der Waals surface area contributed by atoms with Crippen LogP contribution in [0.25, 0.3) is 0 Å². The molecule has 1 aromatic carbocycles. The number of benzene rings is 1. The van der Waals surface area contributed by atoms with Crippen LogP contribution in [0.1, 0.15) is 25.3 Å². The van der Waals surface area contributed by atoms with Gasteiger partial charge in [0.25, 0.3) is 0 Å². The number of rotatable bonds is 3. The van der Waals surface area contributed by atoms with Gasteiger partial charge in [0.05, 0.1) is 17.7 Å². The predicted octanol–water partition coefficient (Wildman–Crippen LogP) is 2.68. The Labute approximate surface area is 100 Å². The molecule has 2 atom stereocenters. The Morgan fingerprint density at radius 2 is 2.35 bits per heavy atom. The second kappa shape index (κ2) is 5.15. The topological polar surface area (TPSA) is 45.0 Å². The summed E-state index contributed by atoms with van der Waals surface area (Å²) >= 11 is 0. The molecule has 1 fully saturated rings. The Bertz CT molecular complexity index is 436. The Balaban J connectivity index is 2.07. The van der Waals surface area contributed by atoms with Gasteiger partial charge in [-0.1, -0.05) is 0 Å². The van der Waals surface area contributed by atoms with E-state index in [-0.39, 0.29) is 12.1 Å². The van der Waals surface area contributed by atoms with Gasteiger partial charge in [-0.15, -0.1) is 0 Å². The molecule has 3 nitrogen and oxygen atoms in total. The van der Waals surface area contributed by atoms with Crippen molar-refractivity contribution in [2.75, 3.05) is 11.9 Å². The number of nitriles is 1. The van der Waals surface area contributed by atoms with E-state index in [0.29, 0.717) is 11.3 Å². The molecule has 2 rings (SSSR count). The molecule has 1 aliphatic rings. The van der Waals surface area contributed by atoms with Gasteiger partial charge in [-0.3, -0.25) is 0 Å². The standard InChI is InChI=1S/C13H15FN2O/c1-9(13-3-2-4-17-13)16-12-6-10(8-15)5-11(14)7-12/h5-7,9,13,16H,2-4H2,1H3. The molecule has 0 aliphatic carbocycles. The lowest BCUT2D eigenvalue weighted by molar-refractivity contribution is 0.0996. The van der Waals surface area contributed by atoms with Crippen LogP contribution >= 0.6 is 0 Å². The zero-order valence-corrected chi connectivity index (χ0v) is 9.74. The van der Waals surface area contributed by atoms with Gasteiger partial charge in [0.1, 0.15) is 5.82 Å². The molecule has 17 heavy (non-hydrogen) atoms. The van der Waals surface area contributed by atoms with Crippen LogP contribution in [0.15, 0.2) is 18.2 Å². The van der Waals surface area contributed by atoms with Gasteiger partial charge in [0.2, 0.25) is 0 Å². The maximum Gasteiger partial charge on any atom is 0.126 e. The summed E-state index contributed by atoms with van der Waals surface area (Å²) in [5.74, 6) is -0.397. The Morgan fingerprint density at radius 3 is 3.00 bits per heavy atom. The van der Waals surface area contributed by atoms with Crippen molar-refractivity contribution >= 4 is 5.69 Å². The molecule has 0 aromatic heterocycles. The third-order valence-electron chi connectivity index (χ3n) is 2.94. The number of halogens is 1. The summed E-state index contributed by atoms with van der Waals surface area (Å²) in [5.41, 5.74) is 0.955. The zero-order valence-electron chi connectivity index (χ0n) is 9.74. The number of hydrogen-bond acceptors (Lipinski definition) is 3. The SMILES string of the molecule is CC(Nc1cc(F)cc(C#N)c1)C1CCCO1. The van der Waals surface area contributed by atoms with E-state index in [1.54, 1.807) is 6.07 Å². The summed E-state index contributed by atoms with van der Waals surface area (Å²) in [6.45, 7) is 2.80. The first-order chi connectivity index (χ1) is 8.19. The minimum absolute atomic E-state index is 0.117. The lowest BCUT2D eigenvalue weighted by Gasteiger charge is -2.21. The highest BCUT2D eigenvalue weighted by Gasteiger charge is 2.22. The fraction of sp³-hybridized carbons (Fsp3) is 0.462. The molecule has 1 aromatic rings. The van der Waals surface area contributed by atoms with E-state index in [1.807, 2.05) is 13.0 Å². The van der Waals surface area contributed by atoms with E-state index in [1.165, 1.54) is 12.1 Å². The van der Waals surface area contributed by atoms with E-state index in [9.17, 15) is 4.39 Å². The van der Waals surface area contributed by atoms with Gasteiger partial charge in [-0.05, 0) is 38.0 Å². The quantitative estimate of drug-likeness (QED) is 0.874. The van der Waals surface area contributed by atoms with Crippen molar-refractivity contribution in [1.82, 2.24) is 0 Å². The van der Waals surface area contributed by atoms with E-state index in [2.05, 4.69) is 5.32 Å². The second-order valence-electron chi connectivity index (χ2n) is 4.32. The Morgan fingerprint density at radius 1 is 1.53 bits per heavy atom. The zero-order chi connectivity index (χ0) is 12.3. The molecule has 4 heteroatoms. The highest BCUT2D eigenvalue weighted by atomic mass is 19.1. The smallest absolute Gasteiger partial charge is 0.126 e. The number of ether oxygens (including phenoxy) is 1. The van der Waals surface area contributed by atoms with Crippen LogP contribution in [0.4, 0.5) is 10.1 Å². The third kappa shape index (κ3) is 2.95. The minimum atomic E-state index is -0.397. The Kier molecular flexibility index (Phi) is 3.60. The number of nitrogens with zero attached hydrogens (tertiary/aromatic N) is 1. The monoisotopic (exact) mass is 234 g/mol. The average Bonchev–Trinajstić information content (AvgIpc) is 2.81. The molecule has 0 saturated carbocycles. The highest BCUT2D eigenvalue weighted by Crippen LogP contribution is 2.20. The van der Waals surface area contributed by atoms with Crippen molar-refractivity contribution < 1.29 is 9.13 Å². The first-order valence-electron chi connectivity index (χ1n) is 5.78. The summed E-state index contributed by atoms with van der Waals surface area (Å²) in [6, 6.07) is 6.32. The largest absolute Gasteiger partial charge is 0.380 e. The molecular formula is C13H15FN2O. The molecule has 90 valence electrons. The van der Waals surface area contributed by atoms with Gasteiger partial charge in [0.15, 0.2) is 0 Å². The summed E-state index contributed by atoms with van der Waals surface area (Å²) < 4.78 is 18.8. The lowest BCUT2D eigenvalue weighted by atomic mass is 10.1. The van der Waals surface area contributed by atoms with Crippen LogP contribution in [-0.2, 0) is 4.74 Å². The van der Waals surface area contributed by atoms with Gasteiger partial charge in [-0.25, -0.2) is 4.39 Å². The van der Waals surface area contributed by atoms with Crippen LogP contribution in [0.5, 0.6) is 0 Å². The number of hydrogen-bond donors (Lipinski definition) is 1. The molecule has 2 unspecified atom stereocenters. The fourth-order valence-electron chi connectivity index (χ4n) is 2.09. The summed E-state index contributed by atoms with van der Waals surface area (Å²) in [6.07, 6.45) is 2.27. The second-order valence-corrected chi connectivity index (χ2v) is 4.32. The van der Waals surface area contributed by atoms with Crippen molar-refractivity contribution in [3.63, 3.8) is 0 Å². The first-order valence-corrected chi connectivity index (χ1v) is 5.78. The van der Waals surface area contributed by atoms with Crippen LogP contribution in [0.3, 0.4) is 0 Å². The van der Waals surface area contributed by atoms with Crippen molar-refractivity contribution in [1.29, 1.82) is 5.26 Å². The molecule has 1 aliphatic heterocycles. The predicted molar refractivity (Wildman–Crippen MR) is 63.2 cm³/mol. The third-order valence-corrected chi connectivity index (χ3v) is 2.94. The van der Waals surface area contributed by atoms with Crippen molar-refractivity contribution in [3.8, 4) is 6.07 Å². The lowest BCUT2D eigenvalue weighted by Crippen LogP contribution is -2.30. The first kappa shape index (κ1) is 11.9. The Hall–Kier alpha value is -1.60. The molecular weight excluding hydrogens is 219 g/mol. The van der Waals surface area contributed by atoms with Crippen LogP contribution < -0.4 is 5.32 Å². The minimum Gasteiger partial charge on any atom is -0.380 e. The van der Waals surface area contributed by atoms with E-state index >= 15 is 0 Å². The van der Waals surface area contributed by atoms with Crippen molar-refractivity contribution in [2.45, 2.75) is 31.9 Å². The highest BCUT2D eigenvalue weighted by molar-refractivity contribution is 5.50. The van der Waals surface area contributed by atoms with Crippen LogP contribution in [-0.4, -0.2) is 18.8 Å². The van der Waals surface area contributed by atoms with Gasteiger partial charge < -0.3 is 10.1 Å². The summed E-state index contributed by atoms with van der Waals surface area (Å²) in [5, 5.41) is 11.9. The maximum atomic E-state index is 13.2.